The number of hydrogen-bond donors (Lipinski definition) is 0. The van der Waals surface area contributed by atoms with Gasteiger partial charge in [0.25, 0.3) is 5.91 Å². The fourth-order valence-corrected chi connectivity index (χ4v) is 3.11. The highest BCUT2D eigenvalue weighted by Crippen LogP contribution is 2.25. The van der Waals surface area contributed by atoms with Crippen LogP contribution in [-0.2, 0) is 11.8 Å². The first kappa shape index (κ1) is 16.4. The van der Waals surface area contributed by atoms with Gasteiger partial charge in [-0.3, -0.25) is 9.48 Å². The average molecular weight is 443 g/mol. The molecule has 0 N–H and O–H groups in total. The molecule has 0 radical (unpaired) electrons. The number of aromatic nitrogens is 3. The van der Waals surface area contributed by atoms with Crippen LogP contribution in [0.15, 0.2) is 36.7 Å². The third-order valence-electron chi connectivity index (χ3n) is 3.82. The quantitative estimate of drug-likeness (QED) is 0.542. The maximum absolute atomic E-state index is 11.9. The minimum absolute atomic E-state index is 0.0147. The molecule has 120 valence electrons. The van der Waals surface area contributed by atoms with Crippen LogP contribution in [-0.4, -0.2) is 42.0 Å². The zero-order valence-corrected chi connectivity index (χ0v) is 15.5. The minimum Gasteiger partial charge on any atom is -0.337 e. The molecule has 1 aromatic carbocycles. The molecule has 1 aliphatic rings. The van der Waals surface area contributed by atoms with Crippen molar-refractivity contribution in [1.82, 2.24) is 19.7 Å². The number of rotatable bonds is 3. The first-order chi connectivity index (χ1) is 11.0. The Hall–Kier alpha value is -1.41. The smallest absolute Gasteiger partial charge is 0.250 e. The van der Waals surface area contributed by atoms with Crippen LogP contribution in [0.1, 0.15) is 12.0 Å². The lowest BCUT2D eigenvalue weighted by atomic mass is 9.98. The first-order valence-electron chi connectivity index (χ1n) is 7.27. The van der Waals surface area contributed by atoms with E-state index in [9.17, 15) is 4.79 Å². The van der Waals surface area contributed by atoms with E-state index in [1.165, 1.54) is 11.1 Å². The second-order valence-corrected chi connectivity index (χ2v) is 7.80. The van der Waals surface area contributed by atoms with E-state index in [1.807, 2.05) is 41.8 Å². The van der Waals surface area contributed by atoms with Gasteiger partial charge in [-0.05, 0) is 17.6 Å². The molecule has 1 aromatic heterocycles. The third-order valence-corrected chi connectivity index (χ3v) is 4.54. The lowest BCUT2D eigenvalue weighted by Crippen LogP contribution is -2.37. The van der Waals surface area contributed by atoms with Crippen molar-refractivity contribution in [1.29, 1.82) is 0 Å². The molecule has 0 bridgehead atoms. The normalized spacial score (nSPS) is 16.1. The van der Waals surface area contributed by atoms with Gasteiger partial charge in [0.2, 0.25) is 0 Å². The molecule has 0 saturated carbocycles. The molecule has 2 aromatic rings. The highest BCUT2D eigenvalue weighted by molar-refractivity contribution is 14.1. The summed E-state index contributed by atoms with van der Waals surface area (Å²) in [7, 11) is 1.85. The van der Waals surface area contributed by atoms with E-state index in [0.29, 0.717) is 13.1 Å². The van der Waals surface area contributed by atoms with Gasteiger partial charge in [0.05, 0.1) is 0 Å². The summed E-state index contributed by atoms with van der Waals surface area (Å²) < 4.78 is 1.20. The second kappa shape index (κ2) is 7.00. The van der Waals surface area contributed by atoms with Crippen molar-refractivity contribution in [3.05, 3.63) is 42.2 Å². The monoisotopic (exact) mass is 442 g/mol. The van der Waals surface area contributed by atoms with Crippen molar-refractivity contribution in [3.8, 4) is 11.4 Å². The largest absolute Gasteiger partial charge is 0.337 e. The van der Waals surface area contributed by atoms with Crippen LogP contribution >= 0.6 is 34.2 Å². The third kappa shape index (κ3) is 3.74. The van der Waals surface area contributed by atoms with Crippen molar-refractivity contribution in [2.45, 2.75) is 9.80 Å². The Kier molecular flexibility index (Phi) is 5.01. The number of aryl methyl sites for hydroxylation is 1. The van der Waals surface area contributed by atoms with Crippen LogP contribution in [0, 0.1) is 0 Å². The van der Waals surface area contributed by atoms with Gasteiger partial charge in [-0.25, -0.2) is 4.98 Å². The summed E-state index contributed by atoms with van der Waals surface area (Å²) in [5.74, 6) is 0.711. The topological polar surface area (TPSA) is 51.0 Å². The Bertz CT molecular complexity index is 739. The number of amides is 1. The number of carbonyl (C=O) groups excluding carboxylic acids is 1. The molecule has 5 nitrogen and oxygen atoms in total. The Labute approximate surface area is 153 Å². The summed E-state index contributed by atoms with van der Waals surface area (Å²) >= 11 is 7.79. The van der Waals surface area contributed by atoms with Gasteiger partial charge in [-0.2, -0.15) is 5.10 Å². The number of hydrogen-bond acceptors (Lipinski definition) is 3. The van der Waals surface area contributed by atoms with Crippen molar-refractivity contribution in [2.24, 2.45) is 7.05 Å². The molecule has 1 unspecified atom stereocenters. The lowest BCUT2D eigenvalue weighted by Gasteiger charge is -2.27. The fraction of sp³-hybridized carbons (Fsp3) is 0.312. The highest BCUT2D eigenvalue weighted by Gasteiger charge is 2.22. The van der Waals surface area contributed by atoms with E-state index in [-0.39, 0.29) is 5.91 Å². The molecule has 1 atom stereocenters. The average Bonchev–Trinajstić information content (AvgIpc) is 3.01. The minimum atomic E-state index is -0.493. The molecule has 23 heavy (non-hydrogen) atoms. The summed E-state index contributed by atoms with van der Waals surface area (Å²) in [5, 5.41) is 4.30. The zero-order chi connectivity index (χ0) is 16.4. The van der Waals surface area contributed by atoms with E-state index >= 15 is 0 Å². The van der Waals surface area contributed by atoms with E-state index in [0.717, 1.165) is 17.8 Å². The summed E-state index contributed by atoms with van der Waals surface area (Å²) in [4.78, 5) is 17.9. The van der Waals surface area contributed by atoms with Crippen molar-refractivity contribution in [3.63, 3.8) is 0 Å². The number of alkyl halides is 2. The van der Waals surface area contributed by atoms with Gasteiger partial charge in [0.15, 0.2) is 9.21 Å². The van der Waals surface area contributed by atoms with E-state index in [2.05, 4.69) is 28.3 Å². The molecular formula is C16H16ClIN4O. The van der Waals surface area contributed by atoms with Crippen LogP contribution < -0.4 is 0 Å². The highest BCUT2D eigenvalue weighted by atomic mass is 127. The molecule has 0 spiro atoms. The van der Waals surface area contributed by atoms with Crippen LogP contribution in [0.3, 0.4) is 0 Å². The summed E-state index contributed by atoms with van der Waals surface area (Å²) in [6.45, 7) is 1.32. The van der Waals surface area contributed by atoms with Gasteiger partial charge >= 0.3 is 0 Å². The predicted molar refractivity (Wildman–Crippen MR) is 99.3 cm³/mol. The first-order valence-corrected chi connectivity index (χ1v) is 8.95. The van der Waals surface area contributed by atoms with Crippen molar-refractivity contribution >= 4 is 45.7 Å². The maximum Gasteiger partial charge on any atom is 0.250 e. The van der Waals surface area contributed by atoms with E-state index in [4.69, 9.17) is 11.6 Å². The predicted octanol–water partition coefficient (Wildman–Crippen LogP) is 3.10. The zero-order valence-electron chi connectivity index (χ0n) is 12.6. The Balaban J connectivity index is 1.72. The van der Waals surface area contributed by atoms with Crippen LogP contribution in [0.25, 0.3) is 17.0 Å². The van der Waals surface area contributed by atoms with Crippen LogP contribution in [0.2, 0.25) is 0 Å². The maximum atomic E-state index is 11.9. The van der Waals surface area contributed by atoms with Gasteiger partial charge in [0, 0.05) is 25.7 Å². The molecule has 3 rings (SSSR count). The number of halogens is 2. The van der Waals surface area contributed by atoms with Gasteiger partial charge in [-0.1, -0.05) is 52.9 Å². The standard InChI is InChI=1S/C16H16ClIN4O/c1-21-10-19-15(20-21)13-4-2-11(3-5-13)12-6-8-22(9-7-12)16(23)14(17)18/h2-6,10,14H,7-9H2,1H3. The molecule has 1 aliphatic heterocycles. The van der Waals surface area contributed by atoms with Crippen molar-refractivity contribution in [2.75, 3.05) is 13.1 Å². The molecule has 1 amide bonds. The van der Waals surface area contributed by atoms with Gasteiger partial charge in [0.1, 0.15) is 6.33 Å². The van der Waals surface area contributed by atoms with Gasteiger partial charge < -0.3 is 4.90 Å². The molecule has 2 heterocycles. The van der Waals surface area contributed by atoms with Crippen molar-refractivity contribution < 1.29 is 4.79 Å². The molecule has 7 heteroatoms. The second-order valence-electron chi connectivity index (χ2n) is 5.38. The molecule has 0 saturated heterocycles. The van der Waals surface area contributed by atoms with E-state index in [1.54, 1.807) is 15.9 Å². The van der Waals surface area contributed by atoms with Crippen LogP contribution in [0.4, 0.5) is 0 Å². The Morgan fingerprint density at radius 2 is 2.00 bits per heavy atom. The summed E-state index contributed by atoms with van der Waals surface area (Å²) in [6.07, 6.45) is 4.63. The summed E-state index contributed by atoms with van der Waals surface area (Å²) in [6, 6.07) is 8.22. The number of benzene rings is 1. The van der Waals surface area contributed by atoms with Gasteiger partial charge in [-0.15, -0.1) is 11.6 Å². The van der Waals surface area contributed by atoms with E-state index < -0.39 is 3.38 Å². The molecule has 0 aliphatic carbocycles. The molecule has 0 fully saturated rings. The number of carbonyl (C=O) groups is 1. The number of nitrogens with zero attached hydrogens (tertiary/aromatic N) is 4. The molecular weight excluding hydrogens is 427 g/mol. The Morgan fingerprint density at radius 3 is 2.52 bits per heavy atom. The Morgan fingerprint density at radius 1 is 1.30 bits per heavy atom. The fourth-order valence-electron chi connectivity index (χ4n) is 2.57. The summed E-state index contributed by atoms with van der Waals surface area (Å²) in [5.41, 5.74) is 3.43. The SMILES string of the molecule is Cn1cnc(-c2ccc(C3=CCN(C(=O)C(Cl)I)CC3)cc2)n1. The lowest BCUT2D eigenvalue weighted by molar-refractivity contribution is -0.128. The van der Waals surface area contributed by atoms with Crippen LogP contribution in [0.5, 0.6) is 0 Å².